The molecular formula is C19H19N3O6. The Balaban J connectivity index is 1.77. The first-order valence-electron chi connectivity index (χ1n) is 8.32. The molecule has 2 aromatic carbocycles. The van der Waals surface area contributed by atoms with Crippen LogP contribution in [0, 0.1) is 24.0 Å². The molecule has 9 nitrogen and oxygen atoms in total. The molecule has 0 aromatic heterocycles. The number of carbonyl (C=O) groups is 3. The van der Waals surface area contributed by atoms with Crippen LogP contribution < -0.4 is 10.6 Å². The van der Waals surface area contributed by atoms with E-state index in [1.54, 1.807) is 6.07 Å². The first-order chi connectivity index (χ1) is 13.3. The van der Waals surface area contributed by atoms with E-state index in [9.17, 15) is 24.5 Å². The van der Waals surface area contributed by atoms with E-state index in [0.717, 1.165) is 23.3 Å². The minimum Gasteiger partial charge on any atom is -0.452 e. The quantitative estimate of drug-likeness (QED) is 0.427. The second-order valence-corrected chi connectivity index (χ2v) is 5.95. The molecule has 2 amide bonds. The third-order valence-corrected chi connectivity index (χ3v) is 3.97. The number of non-ortho nitro benzene ring substituents is 1. The number of ether oxygens (including phenoxy) is 1. The van der Waals surface area contributed by atoms with E-state index < -0.39 is 29.3 Å². The fourth-order valence-corrected chi connectivity index (χ4v) is 2.24. The standard InChI is InChI=1S/C19H19N3O6/c1-12-4-3-5-16(13(12)2)21-17(23)10-20-18(24)11-28-19(25)14-6-8-15(9-7-14)22(26)27/h3-9H,10-11H2,1-2H3,(H,20,24)(H,21,23). The molecule has 9 heteroatoms. The number of esters is 1. The largest absolute Gasteiger partial charge is 0.452 e. The number of benzene rings is 2. The molecule has 0 aliphatic carbocycles. The Bertz CT molecular complexity index is 908. The molecule has 2 aromatic rings. The van der Waals surface area contributed by atoms with Crippen molar-refractivity contribution in [3.05, 3.63) is 69.3 Å². The van der Waals surface area contributed by atoms with E-state index in [0.29, 0.717) is 5.69 Å². The third-order valence-electron chi connectivity index (χ3n) is 3.97. The number of amides is 2. The molecule has 0 radical (unpaired) electrons. The highest BCUT2D eigenvalue weighted by Crippen LogP contribution is 2.17. The second kappa shape index (κ2) is 9.26. The average molecular weight is 385 g/mol. The Labute approximate surface area is 160 Å². The smallest absolute Gasteiger partial charge is 0.338 e. The minimum atomic E-state index is -0.801. The lowest BCUT2D eigenvalue weighted by atomic mass is 10.1. The number of nitro groups is 1. The van der Waals surface area contributed by atoms with Crippen LogP contribution in [-0.4, -0.2) is 35.9 Å². The van der Waals surface area contributed by atoms with Crippen LogP contribution in [0.4, 0.5) is 11.4 Å². The fraction of sp³-hybridized carbons (Fsp3) is 0.211. The molecule has 0 fully saturated rings. The molecule has 0 saturated carbocycles. The van der Waals surface area contributed by atoms with Crippen molar-refractivity contribution in [1.82, 2.24) is 5.32 Å². The van der Waals surface area contributed by atoms with E-state index >= 15 is 0 Å². The maximum atomic E-state index is 11.9. The number of rotatable bonds is 7. The van der Waals surface area contributed by atoms with Gasteiger partial charge < -0.3 is 15.4 Å². The maximum Gasteiger partial charge on any atom is 0.338 e. The first kappa shape index (κ1) is 20.6. The number of nitrogens with one attached hydrogen (secondary N) is 2. The molecule has 0 unspecified atom stereocenters. The summed E-state index contributed by atoms with van der Waals surface area (Å²) in [7, 11) is 0. The predicted octanol–water partition coefficient (Wildman–Crippen LogP) is 2.12. The molecule has 0 aliphatic heterocycles. The van der Waals surface area contributed by atoms with Gasteiger partial charge in [-0.1, -0.05) is 12.1 Å². The van der Waals surface area contributed by atoms with Crippen LogP contribution in [0.2, 0.25) is 0 Å². The van der Waals surface area contributed by atoms with E-state index in [1.165, 1.54) is 12.1 Å². The maximum absolute atomic E-state index is 11.9. The highest BCUT2D eigenvalue weighted by molar-refractivity contribution is 5.96. The summed E-state index contributed by atoms with van der Waals surface area (Å²) < 4.78 is 4.82. The van der Waals surface area contributed by atoms with Gasteiger partial charge in [-0.3, -0.25) is 19.7 Å². The van der Waals surface area contributed by atoms with E-state index in [-0.39, 0.29) is 17.8 Å². The summed E-state index contributed by atoms with van der Waals surface area (Å²) in [6, 6.07) is 10.3. The van der Waals surface area contributed by atoms with Crippen LogP contribution in [-0.2, 0) is 14.3 Å². The Morgan fingerprint density at radius 1 is 1.04 bits per heavy atom. The first-order valence-corrected chi connectivity index (χ1v) is 8.32. The van der Waals surface area contributed by atoms with E-state index in [4.69, 9.17) is 4.74 Å². The van der Waals surface area contributed by atoms with Gasteiger partial charge in [0.25, 0.3) is 11.6 Å². The summed E-state index contributed by atoms with van der Waals surface area (Å²) >= 11 is 0. The van der Waals surface area contributed by atoms with Crippen LogP contribution in [0.3, 0.4) is 0 Å². The Morgan fingerprint density at radius 3 is 2.36 bits per heavy atom. The Hall–Kier alpha value is -3.75. The normalized spacial score (nSPS) is 10.1. The number of aryl methyl sites for hydroxylation is 1. The molecule has 0 bridgehead atoms. The summed E-state index contributed by atoms with van der Waals surface area (Å²) in [4.78, 5) is 45.5. The molecule has 0 aliphatic rings. The highest BCUT2D eigenvalue weighted by atomic mass is 16.6. The van der Waals surface area contributed by atoms with Crippen molar-refractivity contribution >= 4 is 29.2 Å². The molecule has 0 saturated heterocycles. The van der Waals surface area contributed by atoms with Gasteiger partial charge in [-0.05, 0) is 43.2 Å². The summed E-state index contributed by atoms with van der Waals surface area (Å²) in [5.74, 6) is -1.86. The molecule has 0 heterocycles. The molecule has 0 atom stereocenters. The highest BCUT2D eigenvalue weighted by Gasteiger charge is 2.13. The average Bonchev–Trinajstić information content (AvgIpc) is 2.68. The summed E-state index contributed by atoms with van der Waals surface area (Å²) in [5, 5.41) is 15.6. The fourth-order valence-electron chi connectivity index (χ4n) is 2.24. The number of anilines is 1. The van der Waals surface area contributed by atoms with Crippen molar-refractivity contribution in [3.8, 4) is 0 Å². The third kappa shape index (κ3) is 5.63. The molecular weight excluding hydrogens is 366 g/mol. The van der Waals surface area contributed by atoms with Crippen molar-refractivity contribution in [3.63, 3.8) is 0 Å². The van der Waals surface area contributed by atoms with Crippen molar-refractivity contribution < 1.29 is 24.0 Å². The number of hydrogen-bond acceptors (Lipinski definition) is 6. The van der Waals surface area contributed by atoms with Gasteiger partial charge in [0.2, 0.25) is 5.91 Å². The lowest BCUT2D eigenvalue weighted by Gasteiger charge is -2.11. The molecule has 146 valence electrons. The van der Waals surface area contributed by atoms with Gasteiger partial charge in [0.1, 0.15) is 0 Å². The monoisotopic (exact) mass is 385 g/mol. The van der Waals surface area contributed by atoms with Crippen LogP contribution in [0.25, 0.3) is 0 Å². The van der Waals surface area contributed by atoms with Crippen molar-refractivity contribution in [1.29, 1.82) is 0 Å². The Morgan fingerprint density at radius 2 is 1.71 bits per heavy atom. The number of nitrogens with zero attached hydrogens (tertiary/aromatic N) is 1. The van der Waals surface area contributed by atoms with Crippen LogP contribution in [0.1, 0.15) is 21.5 Å². The lowest BCUT2D eigenvalue weighted by molar-refractivity contribution is -0.384. The SMILES string of the molecule is Cc1cccc(NC(=O)CNC(=O)COC(=O)c2ccc([N+](=O)[O-])cc2)c1C. The molecule has 2 rings (SSSR count). The summed E-state index contributed by atoms with van der Waals surface area (Å²) in [6.07, 6.45) is 0. The van der Waals surface area contributed by atoms with Gasteiger partial charge >= 0.3 is 5.97 Å². The van der Waals surface area contributed by atoms with Crippen molar-refractivity contribution in [2.24, 2.45) is 0 Å². The number of nitro benzene ring substituents is 1. The van der Waals surface area contributed by atoms with Gasteiger partial charge in [-0.15, -0.1) is 0 Å². The van der Waals surface area contributed by atoms with Gasteiger partial charge in [0, 0.05) is 17.8 Å². The molecule has 28 heavy (non-hydrogen) atoms. The van der Waals surface area contributed by atoms with Gasteiger partial charge in [0.05, 0.1) is 17.0 Å². The Kier molecular flexibility index (Phi) is 6.80. The minimum absolute atomic E-state index is 0.0751. The van der Waals surface area contributed by atoms with Crippen LogP contribution in [0.5, 0.6) is 0 Å². The van der Waals surface area contributed by atoms with Gasteiger partial charge in [-0.2, -0.15) is 0 Å². The van der Waals surface area contributed by atoms with Gasteiger partial charge in [-0.25, -0.2) is 4.79 Å². The zero-order chi connectivity index (χ0) is 20.7. The molecule has 0 spiro atoms. The van der Waals surface area contributed by atoms with Crippen LogP contribution in [0.15, 0.2) is 42.5 Å². The van der Waals surface area contributed by atoms with Gasteiger partial charge in [0.15, 0.2) is 6.61 Å². The molecule has 2 N–H and O–H groups in total. The van der Waals surface area contributed by atoms with E-state index in [2.05, 4.69) is 10.6 Å². The van der Waals surface area contributed by atoms with Crippen molar-refractivity contribution in [2.45, 2.75) is 13.8 Å². The van der Waals surface area contributed by atoms with Crippen molar-refractivity contribution in [2.75, 3.05) is 18.5 Å². The second-order valence-electron chi connectivity index (χ2n) is 5.95. The lowest BCUT2D eigenvalue weighted by Crippen LogP contribution is -2.35. The number of hydrogen-bond donors (Lipinski definition) is 2. The number of carbonyl (C=O) groups excluding carboxylic acids is 3. The summed E-state index contributed by atoms with van der Waals surface area (Å²) in [5.41, 5.74) is 2.53. The van der Waals surface area contributed by atoms with E-state index in [1.807, 2.05) is 26.0 Å². The van der Waals surface area contributed by atoms with Crippen LogP contribution >= 0.6 is 0 Å². The summed E-state index contributed by atoms with van der Waals surface area (Å²) in [6.45, 7) is 2.95. The zero-order valence-corrected chi connectivity index (χ0v) is 15.4. The predicted molar refractivity (Wildman–Crippen MR) is 101 cm³/mol. The topological polar surface area (TPSA) is 128 Å². The zero-order valence-electron chi connectivity index (χ0n) is 15.4.